The molecule has 4 aromatic rings. The Kier molecular flexibility index (Phi) is 6.19. The Bertz CT molecular complexity index is 1600. The average molecular weight is 557 g/mol. The number of carbonyl (C=O) groups excluding carboxylic acids is 2. The van der Waals surface area contributed by atoms with Crippen LogP contribution in [0.3, 0.4) is 0 Å². The van der Waals surface area contributed by atoms with Gasteiger partial charge in [-0.2, -0.15) is 5.10 Å². The summed E-state index contributed by atoms with van der Waals surface area (Å²) in [4.78, 5) is 28.3. The van der Waals surface area contributed by atoms with Crippen molar-refractivity contribution in [1.82, 2.24) is 15.1 Å². The van der Waals surface area contributed by atoms with Crippen LogP contribution in [0.25, 0.3) is 16.9 Å². The van der Waals surface area contributed by atoms with Gasteiger partial charge in [0.25, 0.3) is 0 Å². The number of nitrogens with one attached hydrogen (secondary N) is 1. The summed E-state index contributed by atoms with van der Waals surface area (Å²) in [5.41, 5.74) is 3.84. The number of benzene rings is 3. The molecule has 1 atom stereocenters. The summed E-state index contributed by atoms with van der Waals surface area (Å²) in [6.07, 6.45) is 1.89. The Labute approximate surface area is 234 Å². The smallest absolute Gasteiger partial charge is 0.240 e. The predicted molar refractivity (Wildman–Crippen MR) is 149 cm³/mol. The van der Waals surface area contributed by atoms with Crippen molar-refractivity contribution in [1.29, 1.82) is 0 Å². The van der Waals surface area contributed by atoms with Gasteiger partial charge in [0.2, 0.25) is 18.6 Å². The number of rotatable bonds is 6. The molecule has 0 bridgehead atoms. The van der Waals surface area contributed by atoms with E-state index in [1.54, 1.807) is 16.8 Å². The fourth-order valence-electron chi connectivity index (χ4n) is 5.07. The van der Waals surface area contributed by atoms with Crippen LogP contribution >= 0.6 is 11.8 Å². The summed E-state index contributed by atoms with van der Waals surface area (Å²) in [6.45, 7) is 0.0137. The molecule has 1 fully saturated rings. The molecule has 0 unspecified atom stereocenters. The lowest BCUT2D eigenvalue weighted by atomic mass is 9.99. The number of amides is 2. The predicted octanol–water partition coefficient (Wildman–Crippen LogP) is 4.85. The highest BCUT2D eigenvalue weighted by molar-refractivity contribution is 8.00. The lowest BCUT2D eigenvalue weighted by molar-refractivity contribution is -0.123. The molecule has 40 heavy (non-hydrogen) atoms. The van der Waals surface area contributed by atoms with Crippen LogP contribution in [0.1, 0.15) is 29.2 Å². The van der Waals surface area contributed by atoms with Gasteiger partial charge in [0.1, 0.15) is 18.2 Å². The zero-order valence-corrected chi connectivity index (χ0v) is 22.2. The van der Waals surface area contributed by atoms with Crippen molar-refractivity contribution in [2.45, 2.75) is 24.1 Å². The van der Waals surface area contributed by atoms with Crippen molar-refractivity contribution in [3.8, 4) is 28.4 Å². The Morgan fingerprint density at radius 1 is 1.02 bits per heavy atom. The van der Waals surface area contributed by atoms with Crippen LogP contribution in [0.15, 0.2) is 72.8 Å². The van der Waals surface area contributed by atoms with E-state index in [1.807, 2.05) is 48.5 Å². The summed E-state index contributed by atoms with van der Waals surface area (Å²) in [5.74, 6) is 1.15. The van der Waals surface area contributed by atoms with Gasteiger partial charge < -0.3 is 14.8 Å². The minimum absolute atomic E-state index is 0.141. The van der Waals surface area contributed by atoms with Gasteiger partial charge in [0.15, 0.2) is 11.5 Å². The average Bonchev–Trinajstić information content (AvgIpc) is 3.54. The van der Waals surface area contributed by atoms with Crippen LogP contribution in [-0.2, 0) is 9.59 Å². The zero-order chi connectivity index (χ0) is 27.2. The second-order valence-corrected chi connectivity index (χ2v) is 11.1. The molecule has 2 aliphatic heterocycles. The fourth-order valence-corrected chi connectivity index (χ4v) is 6.26. The van der Waals surface area contributed by atoms with Crippen molar-refractivity contribution in [2.75, 3.05) is 24.0 Å². The number of anilines is 1. The fraction of sp³-hybridized carbons (Fsp3) is 0.233. The maximum atomic E-state index is 13.9. The third kappa shape index (κ3) is 4.58. The monoisotopic (exact) mass is 556 g/mol. The van der Waals surface area contributed by atoms with Crippen LogP contribution in [0.2, 0.25) is 0 Å². The van der Waals surface area contributed by atoms with Crippen molar-refractivity contribution in [3.05, 3.63) is 89.7 Å². The van der Waals surface area contributed by atoms with E-state index in [0.717, 1.165) is 29.5 Å². The summed E-state index contributed by atoms with van der Waals surface area (Å²) in [5, 5.41) is 7.71. The number of ether oxygens (including phenoxy) is 2. The molecule has 7 rings (SSSR count). The Hall–Kier alpha value is -4.31. The van der Waals surface area contributed by atoms with Crippen molar-refractivity contribution < 1.29 is 23.5 Å². The molecule has 1 aliphatic carbocycles. The number of nitrogens with zero attached hydrogens (tertiary/aromatic N) is 3. The van der Waals surface area contributed by atoms with Crippen molar-refractivity contribution in [2.24, 2.45) is 0 Å². The second kappa shape index (κ2) is 10.0. The van der Waals surface area contributed by atoms with Gasteiger partial charge in [-0.15, -0.1) is 11.8 Å². The Morgan fingerprint density at radius 3 is 2.58 bits per heavy atom. The van der Waals surface area contributed by atoms with Gasteiger partial charge in [-0.05, 0) is 54.8 Å². The number of fused-ring (bicyclic) bond motifs is 2. The minimum Gasteiger partial charge on any atom is -0.454 e. The molecule has 2 amide bonds. The molecule has 1 aromatic heterocycles. The van der Waals surface area contributed by atoms with Gasteiger partial charge in [-0.1, -0.05) is 36.4 Å². The maximum absolute atomic E-state index is 13.9. The van der Waals surface area contributed by atoms with Crippen molar-refractivity contribution in [3.63, 3.8) is 0 Å². The van der Waals surface area contributed by atoms with E-state index in [4.69, 9.17) is 14.6 Å². The lowest BCUT2D eigenvalue weighted by Crippen LogP contribution is -2.43. The third-order valence-electron chi connectivity index (χ3n) is 7.15. The van der Waals surface area contributed by atoms with Gasteiger partial charge in [0.05, 0.1) is 22.4 Å². The highest BCUT2D eigenvalue weighted by Gasteiger charge is 2.38. The van der Waals surface area contributed by atoms with Gasteiger partial charge in [0, 0.05) is 17.2 Å². The standard InChI is InChI=1S/C30H25FN4O4S/c31-20-7-11-22(12-8-20)35-30-27(28(33-35)18-4-2-1-3-5-18)29(19-6-13-23-24(14-19)39-17-38-23)40-16-26(37)34(30)15-25(36)32-21-9-10-21/h1-8,11-14,21,29H,9-10,15-17H2,(H,32,36)/t29-/m0/s1. The number of halogens is 1. The Morgan fingerprint density at radius 2 is 1.80 bits per heavy atom. The van der Waals surface area contributed by atoms with E-state index >= 15 is 0 Å². The third-order valence-corrected chi connectivity index (χ3v) is 8.41. The van der Waals surface area contributed by atoms with E-state index < -0.39 is 0 Å². The van der Waals surface area contributed by atoms with Crippen molar-refractivity contribution >= 4 is 29.4 Å². The molecule has 0 radical (unpaired) electrons. The van der Waals surface area contributed by atoms with E-state index in [1.165, 1.54) is 28.8 Å². The first-order valence-electron chi connectivity index (χ1n) is 13.1. The molecule has 0 saturated heterocycles. The van der Waals surface area contributed by atoms with Crippen LogP contribution < -0.4 is 19.7 Å². The molecule has 8 nitrogen and oxygen atoms in total. The molecule has 10 heteroatoms. The molecule has 1 saturated carbocycles. The first-order valence-corrected chi connectivity index (χ1v) is 14.1. The Balaban J connectivity index is 1.45. The molecule has 1 N–H and O–H groups in total. The van der Waals surface area contributed by atoms with E-state index in [2.05, 4.69) is 5.32 Å². The highest BCUT2D eigenvalue weighted by atomic mass is 32.2. The molecular weight excluding hydrogens is 531 g/mol. The van der Waals surface area contributed by atoms with Gasteiger partial charge in [-0.3, -0.25) is 14.5 Å². The SMILES string of the molecule is O=C(CN1C(=O)CS[C@@H](c2ccc3c(c2)OCO3)c2c(-c3ccccc3)nn(-c3ccc(F)cc3)c21)NC1CC1. The van der Waals surface area contributed by atoms with Crippen LogP contribution in [0.5, 0.6) is 11.5 Å². The number of thioether (sulfide) groups is 1. The molecule has 202 valence electrons. The molecule has 3 aliphatic rings. The zero-order valence-electron chi connectivity index (χ0n) is 21.4. The molecule has 0 spiro atoms. The molecular formula is C30H25FN4O4S. The first-order chi connectivity index (χ1) is 19.5. The lowest BCUT2D eigenvalue weighted by Gasteiger charge is -2.23. The summed E-state index contributed by atoms with van der Waals surface area (Å²) < 4.78 is 26.8. The van der Waals surface area contributed by atoms with E-state index in [0.29, 0.717) is 28.7 Å². The number of carbonyl (C=O) groups is 2. The quantitative estimate of drug-likeness (QED) is 0.365. The molecule has 3 heterocycles. The number of aromatic nitrogens is 2. The number of hydrogen-bond donors (Lipinski definition) is 1. The van der Waals surface area contributed by atoms with E-state index in [-0.39, 0.29) is 48.0 Å². The normalized spacial score (nSPS) is 17.9. The van der Waals surface area contributed by atoms with Crippen LogP contribution in [0, 0.1) is 5.82 Å². The second-order valence-electron chi connectivity index (χ2n) is 9.97. The minimum atomic E-state index is -0.379. The van der Waals surface area contributed by atoms with Gasteiger partial charge >= 0.3 is 0 Å². The number of hydrogen-bond acceptors (Lipinski definition) is 6. The van der Waals surface area contributed by atoms with Crippen LogP contribution in [-0.4, -0.2) is 46.7 Å². The first kappa shape index (κ1) is 24.7. The topological polar surface area (TPSA) is 85.7 Å². The van der Waals surface area contributed by atoms with Crippen LogP contribution in [0.4, 0.5) is 10.2 Å². The van der Waals surface area contributed by atoms with Gasteiger partial charge in [-0.25, -0.2) is 9.07 Å². The van der Waals surface area contributed by atoms with E-state index in [9.17, 15) is 14.0 Å². The highest BCUT2D eigenvalue weighted by Crippen LogP contribution is 2.50. The summed E-state index contributed by atoms with van der Waals surface area (Å²) in [6, 6.07) is 21.6. The summed E-state index contributed by atoms with van der Waals surface area (Å²) in [7, 11) is 0. The maximum Gasteiger partial charge on any atom is 0.240 e. The summed E-state index contributed by atoms with van der Waals surface area (Å²) >= 11 is 1.48. The largest absolute Gasteiger partial charge is 0.454 e. The molecule has 3 aromatic carbocycles.